The van der Waals surface area contributed by atoms with Crippen molar-refractivity contribution in [2.45, 2.75) is 12.6 Å². The second-order valence-corrected chi connectivity index (χ2v) is 5.23. The highest BCUT2D eigenvalue weighted by molar-refractivity contribution is 5.87. The maximum absolute atomic E-state index is 12.0. The second kappa shape index (κ2) is 7.52. The summed E-state index contributed by atoms with van der Waals surface area (Å²) in [5.41, 5.74) is 0.687. The first-order chi connectivity index (χ1) is 12.2. The van der Waals surface area contributed by atoms with Gasteiger partial charge in [-0.1, -0.05) is 18.2 Å². The van der Waals surface area contributed by atoms with Crippen molar-refractivity contribution < 1.29 is 23.8 Å². The van der Waals surface area contributed by atoms with E-state index in [0.717, 1.165) is 0 Å². The number of carbonyl (C=O) groups excluding carboxylic acids is 2. The summed E-state index contributed by atoms with van der Waals surface area (Å²) in [5, 5.41) is 5.15. The number of amides is 2. The molecule has 2 amide bonds. The molecule has 0 radical (unpaired) electrons. The molecule has 0 saturated carbocycles. The molecule has 1 aromatic carbocycles. The Labute approximate surface area is 144 Å². The molecule has 1 fully saturated rings. The molecule has 25 heavy (non-hydrogen) atoms. The van der Waals surface area contributed by atoms with Crippen LogP contribution in [0.25, 0.3) is 0 Å². The van der Waals surface area contributed by atoms with Crippen molar-refractivity contribution in [1.82, 2.24) is 15.6 Å². The van der Waals surface area contributed by atoms with Crippen molar-refractivity contribution >= 4 is 12.0 Å². The first-order valence-corrected chi connectivity index (χ1v) is 7.63. The van der Waals surface area contributed by atoms with Gasteiger partial charge in [-0.25, -0.2) is 9.78 Å². The zero-order valence-corrected chi connectivity index (χ0v) is 13.5. The minimum atomic E-state index is -0.692. The van der Waals surface area contributed by atoms with E-state index in [0.29, 0.717) is 22.9 Å². The van der Waals surface area contributed by atoms with Crippen LogP contribution in [-0.2, 0) is 16.1 Å². The molecular formula is C17H17N3O5. The highest BCUT2D eigenvalue weighted by atomic mass is 16.6. The third kappa shape index (κ3) is 3.97. The Morgan fingerprint density at radius 1 is 1.32 bits per heavy atom. The van der Waals surface area contributed by atoms with Gasteiger partial charge in [-0.3, -0.25) is 4.79 Å². The van der Waals surface area contributed by atoms with Crippen LogP contribution in [0, 0.1) is 0 Å². The Bertz CT molecular complexity index is 780. The van der Waals surface area contributed by atoms with Gasteiger partial charge >= 0.3 is 6.09 Å². The van der Waals surface area contributed by atoms with Gasteiger partial charge in [0.1, 0.15) is 12.6 Å². The minimum Gasteiger partial charge on any atom is -0.493 e. The number of benzene rings is 1. The molecule has 1 atom stereocenters. The van der Waals surface area contributed by atoms with E-state index in [1.165, 1.54) is 0 Å². The van der Waals surface area contributed by atoms with Gasteiger partial charge in [0.25, 0.3) is 0 Å². The number of rotatable bonds is 6. The SMILES string of the molecule is COc1ccccc1Oc1ncccc1CNC(=O)[C@@H]1COC(=O)N1. The largest absolute Gasteiger partial charge is 0.493 e. The van der Waals surface area contributed by atoms with Gasteiger partial charge < -0.3 is 24.8 Å². The lowest BCUT2D eigenvalue weighted by Crippen LogP contribution is -2.42. The second-order valence-electron chi connectivity index (χ2n) is 5.23. The summed E-state index contributed by atoms with van der Waals surface area (Å²) in [6.45, 7) is 0.214. The quantitative estimate of drug-likeness (QED) is 0.827. The summed E-state index contributed by atoms with van der Waals surface area (Å²) in [6, 6.07) is 10.1. The molecule has 0 spiro atoms. The van der Waals surface area contributed by atoms with Crippen LogP contribution >= 0.6 is 0 Å². The number of carbonyl (C=O) groups is 2. The van der Waals surface area contributed by atoms with Crippen molar-refractivity contribution in [2.75, 3.05) is 13.7 Å². The number of nitrogens with one attached hydrogen (secondary N) is 2. The number of pyridine rings is 1. The Kier molecular flexibility index (Phi) is 4.98. The summed E-state index contributed by atoms with van der Waals surface area (Å²) in [5.74, 6) is 1.12. The number of alkyl carbamates (subject to hydrolysis) is 1. The summed E-state index contributed by atoms with van der Waals surface area (Å²) in [6.07, 6.45) is 1.00. The predicted octanol–water partition coefficient (Wildman–Crippen LogP) is 1.61. The van der Waals surface area contributed by atoms with E-state index in [1.54, 1.807) is 37.6 Å². The highest BCUT2D eigenvalue weighted by Crippen LogP contribution is 2.31. The number of hydrogen-bond acceptors (Lipinski definition) is 6. The van der Waals surface area contributed by atoms with Crippen molar-refractivity contribution in [3.63, 3.8) is 0 Å². The average molecular weight is 343 g/mol. The Balaban J connectivity index is 1.68. The first-order valence-electron chi connectivity index (χ1n) is 7.63. The molecule has 1 saturated heterocycles. The standard InChI is InChI=1S/C17H17N3O5/c1-23-13-6-2-3-7-14(13)25-16-11(5-4-8-18-16)9-19-15(21)12-10-24-17(22)20-12/h2-8,12H,9-10H2,1H3,(H,19,21)(H,20,22)/t12-/m0/s1. The van der Waals surface area contributed by atoms with Gasteiger partial charge in [0.2, 0.25) is 11.8 Å². The number of hydrogen-bond donors (Lipinski definition) is 2. The van der Waals surface area contributed by atoms with E-state index in [2.05, 4.69) is 15.6 Å². The molecule has 1 aliphatic rings. The van der Waals surface area contributed by atoms with Crippen molar-refractivity contribution in [2.24, 2.45) is 0 Å². The number of aromatic nitrogens is 1. The predicted molar refractivity (Wildman–Crippen MR) is 87.4 cm³/mol. The Hall–Kier alpha value is -3.29. The fourth-order valence-corrected chi connectivity index (χ4v) is 2.29. The normalized spacial score (nSPS) is 15.9. The average Bonchev–Trinajstić information content (AvgIpc) is 3.08. The molecule has 1 aromatic heterocycles. The maximum Gasteiger partial charge on any atom is 0.407 e. The van der Waals surface area contributed by atoms with Crippen LogP contribution < -0.4 is 20.1 Å². The van der Waals surface area contributed by atoms with Crippen LogP contribution in [0.2, 0.25) is 0 Å². The van der Waals surface area contributed by atoms with Gasteiger partial charge in [0.05, 0.1) is 7.11 Å². The smallest absolute Gasteiger partial charge is 0.407 e. The first kappa shape index (κ1) is 16.6. The van der Waals surface area contributed by atoms with Crippen LogP contribution in [0.5, 0.6) is 17.4 Å². The van der Waals surface area contributed by atoms with E-state index >= 15 is 0 Å². The molecule has 8 heteroatoms. The lowest BCUT2D eigenvalue weighted by Gasteiger charge is -2.13. The van der Waals surface area contributed by atoms with Gasteiger partial charge in [0.15, 0.2) is 11.5 Å². The fraction of sp³-hybridized carbons (Fsp3) is 0.235. The molecule has 1 aliphatic heterocycles. The molecule has 3 rings (SSSR count). The van der Waals surface area contributed by atoms with E-state index in [4.69, 9.17) is 14.2 Å². The van der Waals surface area contributed by atoms with Crippen molar-refractivity contribution in [1.29, 1.82) is 0 Å². The molecule has 0 unspecified atom stereocenters. The van der Waals surface area contributed by atoms with Crippen molar-refractivity contribution in [3.8, 4) is 17.4 Å². The summed E-state index contributed by atoms with van der Waals surface area (Å²) < 4.78 is 15.8. The molecule has 8 nitrogen and oxygen atoms in total. The third-order valence-corrected chi connectivity index (χ3v) is 3.57. The highest BCUT2D eigenvalue weighted by Gasteiger charge is 2.28. The Morgan fingerprint density at radius 3 is 2.84 bits per heavy atom. The Morgan fingerprint density at radius 2 is 2.12 bits per heavy atom. The number of ether oxygens (including phenoxy) is 3. The van der Waals surface area contributed by atoms with E-state index < -0.39 is 12.1 Å². The van der Waals surface area contributed by atoms with Crippen LogP contribution in [0.15, 0.2) is 42.6 Å². The number of cyclic esters (lactones) is 1. The van der Waals surface area contributed by atoms with E-state index in [1.807, 2.05) is 12.1 Å². The zero-order valence-electron chi connectivity index (χ0n) is 13.5. The molecular weight excluding hydrogens is 326 g/mol. The minimum absolute atomic E-state index is 0.0161. The topological polar surface area (TPSA) is 98.8 Å². The number of nitrogens with zero attached hydrogens (tertiary/aromatic N) is 1. The monoisotopic (exact) mass is 343 g/mol. The van der Waals surface area contributed by atoms with Crippen LogP contribution in [0.4, 0.5) is 4.79 Å². The zero-order chi connectivity index (χ0) is 17.6. The van der Waals surface area contributed by atoms with Crippen molar-refractivity contribution in [3.05, 3.63) is 48.2 Å². The molecule has 2 aromatic rings. The fourth-order valence-electron chi connectivity index (χ4n) is 2.29. The van der Waals surface area contributed by atoms with E-state index in [-0.39, 0.29) is 19.1 Å². The third-order valence-electron chi connectivity index (χ3n) is 3.57. The van der Waals surface area contributed by atoms with Gasteiger partial charge in [0, 0.05) is 18.3 Å². The molecule has 2 heterocycles. The van der Waals surface area contributed by atoms with Gasteiger partial charge in [-0.15, -0.1) is 0 Å². The van der Waals surface area contributed by atoms with E-state index in [9.17, 15) is 9.59 Å². The van der Waals surface area contributed by atoms with Gasteiger partial charge in [-0.05, 0) is 18.2 Å². The number of methoxy groups -OCH3 is 1. The molecule has 0 aliphatic carbocycles. The van der Waals surface area contributed by atoms with Crippen LogP contribution in [0.3, 0.4) is 0 Å². The van der Waals surface area contributed by atoms with Gasteiger partial charge in [-0.2, -0.15) is 0 Å². The maximum atomic E-state index is 12.0. The molecule has 2 N–H and O–H groups in total. The molecule has 0 bridgehead atoms. The van der Waals surface area contributed by atoms with Crippen LogP contribution in [0.1, 0.15) is 5.56 Å². The lowest BCUT2D eigenvalue weighted by atomic mass is 10.2. The number of para-hydroxylation sites is 2. The summed E-state index contributed by atoms with van der Waals surface area (Å²) >= 11 is 0. The molecule has 130 valence electrons. The lowest BCUT2D eigenvalue weighted by molar-refractivity contribution is -0.123. The van der Waals surface area contributed by atoms with Crippen LogP contribution in [-0.4, -0.2) is 36.7 Å². The summed E-state index contributed by atoms with van der Waals surface area (Å²) in [7, 11) is 1.56. The summed E-state index contributed by atoms with van der Waals surface area (Å²) in [4.78, 5) is 27.3.